The molecule has 1 fully saturated rings. The average Bonchev–Trinajstić information content (AvgIpc) is 2.89. The van der Waals surface area contributed by atoms with Crippen molar-refractivity contribution in [2.75, 3.05) is 13.1 Å². The van der Waals surface area contributed by atoms with Crippen molar-refractivity contribution in [2.24, 2.45) is 5.73 Å². The van der Waals surface area contributed by atoms with E-state index in [2.05, 4.69) is 0 Å². The van der Waals surface area contributed by atoms with Crippen molar-refractivity contribution in [2.45, 2.75) is 25.8 Å². The van der Waals surface area contributed by atoms with Gasteiger partial charge in [0.25, 0.3) is 11.6 Å². The molecule has 0 aliphatic carbocycles. The Bertz CT molecular complexity index is 562. The molecule has 1 atom stereocenters. The van der Waals surface area contributed by atoms with Crippen LogP contribution in [0.5, 0.6) is 0 Å². The molecule has 1 amide bonds. The number of nitrogens with zero attached hydrogens (tertiary/aromatic N) is 2. The highest BCUT2D eigenvalue weighted by atomic mass is 19.1. The molecule has 1 aromatic carbocycles. The third kappa shape index (κ3) is 2.49. The third-order valence-electron chi connectivity index (χ3n) is 3.59. The Labute approximate surface area is 115 Å². The number of hydrogen-bond acceptors (Lipinski definition) is 4. The summed E-state index contributed by atoms with van der Waals surface area (Å²) in [5.41, 5.74) is 5.14. The number of halogens is 1. The first-order valence-corrected chi connectivity index (χ1v) is 6.41. The van der Waals surface area contributed by atoms with Crippen molar-refractivity contribution in [3.8, 4) is 0 Å². The summed E-state index contributed by atoms with van der Waals surface area (Å²) < 4.78 is 14.1. The van der Waals surface area contributed by atoms with Crippen LogP contribution in [0, 0.1) is 22.9 Å². The summed E-state index contributed by atoms with van der Waals surface area (Å²) in [6.45, 7) is 2.21. The molecule has 0 radical (unpaired) electrons. The summed E-state index contributed by atoms with van der Waals surface area (Å²) in [4.78, 5) is 24.1. The van der Waals surface area contributed by atoms with Gasteiger partial charge in [0.15, 0.2) is 0 Å². The largest absolute Gasteiger partial charge is 0.334 e. The molecule has 1 unspecified atom stereocenters. The van der Waals surface area contributed by atoms with Crippen molar-refractivity contribution in [3.63, 3.8) is 0 Å². The van der Waals surface area contributed by atoms with E-state index in [4.69, 9.17) is 5.73 Å². The topological polar surface area (TPSA) is 89.5 Å². The number of nitro benzene ring substituents is 1. The van der Waals surface area contributed by atoms with Crippen LogP contribution in [0.3, 0.4) is 0 Å². The molecule has 1 aliphatic heterocycles. The molecule has 2 N–H and O–H groups in total. The number of hydrogen-bond donors (Lipinski definition) is 1. The van der Waals surface area contributed by atoms with Crippen LogP contribution >= 0.6 is 0 Å². The van der Waals surface area contributed by atoms with Gasteiger partial charge in [0.1, 0.15) is 5.82 Å². The molecule has 0 aromatic heterocycles. The first-order valence-electron chi connectivity index (χ1n) is 6.41. The Balaban J connectivity index is 2.41. The smallest absolute Gasteiger partial charge is 0.270 e. The van der Waals surface area contributed by atoms with Gasteiger partial charge in [-0.3, -0.25) is 14.9 Å². The van der Waals surface area contributed by atoms with Gasteiger partial charge in [0, 0.05) is 31.3 Å². The first-order chi connectivity index (χ1) is 9.45. The van der Waals surface area contributed by atoms with E-state index in [1.807, 2.05) is 0 Å². The lowest BCUT2D eigenvalue weighted by molar-refractivity contribution is -0.385. The second-order valence-electron chi connectivity index (χ2n) is 4.91. The second kappa shape index (κ2) is 5.54. The molecule has 6 nitrogen and oxygen atoms in total. The van der Waals surface area contributed by atoms with Gasteiger partial charge in [-0.15, -0.1) is 0 Å². The Morgan fingerprint density at radius 2 is 2.30 bits per heavy atom. The fourth-order valence-corrected chi connectivity index (χ4v) is 2.51. The number of carbonyl (C=O) groups excluding carboxylic acids is 1. The summed E-state index contributed by atoms with van der Waals surface area (Å²) in [6, 6.07) is 1.99. The molecule has 0 spiro atoms. The predicted octanol–water partition coefficient (Wildman–Crippen LogP) is 1.61. The molecule has 1 heterocycles. The van der Waals surface area contributed by atoms with Gasteiger partial charge in [-0.2, -0.15) is 0 Å². The lowest BCUT2D eigenvalue weighted by atomic mass is 10.1. The fourth-order valence-electron chi connectivity index (χ4n) is 2.51. The van der Waals surface area contributed by atoms with Crippen molar-refractivity contribution in [3.05, 3.63) is 39.2 Å². The average molecular weight is 281 g/mol. The van der Waals surface area contributed by atoms with Gasteiger partial charge in [0.05, 0.1) is 10.5 Å². The number of nitrogens with two attached hydrogens (primary N) is 1. The number of benzene rings is 1. The SMILES string of the molecule is Cc1cc([N+](=O)[O-])cc(C(=O)N2CCCC2CN)c1F. The molecule has 0 saturated carbocycles. The lowest BCUT2D eigenvalue weighted by Gasteiger charge is -2.23. The maximum atomic E-state index is 14.1. The van der Waals surface area contributed by atoms with Crippen LogP contribution in [0.15, 0.2) is 12.1 Å². The van der Waals surface area contributed by atoms with E-state index in [1.54, 1.807) is 0 Å². The van der Waals surface area contributed by atoms with E-state index in [9.17, 15) is 19.3 Å². The number of nitro groups is 1. The minimum atomic E-state index is -0.705. The van der Waals surface area contributed by atoms with Crippen molar-refractivity contribution < 1.29 is 14.1 Å². The third-order valence-corrected chi connectivity index (χ3v) is 3.59. The van der Waals surface area contributed by atoms with Gasteiger partial charge >= 0.3 is 0 Å². The molecule has 0 bridgehead atoms. The molecular formula is C13H16FN3O3. The van der Waals surface area contributed by atoms with Gasteiger partial charge in [-0.1, -0.05) is 0 Å². The number of amides is 1. The molecule has 20 heavy (non-hydrogen) atoms. The summed E-state index contributed by atoms with van der Waals surface area (Å²) in [5, 5.41) is 10.8. The first kappa shape index (κ1) is 14.4. The van der Waals surface area contributed by atoms with Crippen molar-refractivity contribution >= 4 is 11.6 Å². The van der Waals surface area contributed by atoms with E-state index in [1.165, 1.54) is 11.8 Å². The van der Waals surface area contributed by atoms with E-state index in [-0.39, 0.29) is 22.9 Å². The molecule has 7 heteroatoms. The van der Waals surface area contributed by atoms with Crippen LogP contribution in [-0.4, -0.2) is 34.9 Å². The normalized spacial score (nSPS) is 18.4. The standard InChI is InChI=1S/C13H16FN3O3/c1-8-5-10(17(19)20)6-11(12(8)14)13(18)16-4-2-3-9(16)7-15/h5-6,9H,2-4,7,15H2,1H3. The van der Waals surface area contributed by atoms with Crippen LogP contribution in [0.1, 0.15) is 28.8 Å². The van der Waals surface area contributed by atoms with Crippen molar-refractivity contribution in [1.29, 1.82) is 0 Å². The van der Waals surface area contributed by atoms with Crippen molar-refractivity contribution in [1.82, 2.24) is 4.90 Å². The van der Waals surface area contributed by atoms with Gasteiger partial charge in [0.2, 0.25) is 0 Å². The molecule has 108 valence electrons. The van der Waals surface area contributed by atoms with E-state index < -0.39 is 16.6 Å². The Kier molecular flexibility index (Phi) is 3.99. The minimum Gasteiger partial charge on any atom is -0.334 e. The number of non-ortho nitro benzene ring substituents is 1. The maximum Gasteiger partial charge on any atom is 0.270 e. The van der Waals surface area contributed by atoms with E-state index in [0.717, 1.165) is 25.0 Å². The van der Waals surface area contributed by atoms with Crippen LogP contribution < -0.4 is 5.73 Å². The molecular weight excluding hydrogens is 265 g/mol. The van der Waals surface area contributed by atoms with Gasteiger partial charge < -0.3 is 10.6 Å². The van der Waals surface area contributed by atoms with Gasteiger partial charge in [-0.25, -0.2) is 4.39 Å². The van der Waals surface area contributed by atoms with Crippen LogP contribution in [0.2, 0.25) is 0 Å². The number of rotatable bonds is 3. The monoisotopic (exact) mass is 281 g/mol. The highest BCUT2D eigenvalue weighted by Gasteiger charge is 2.31. The minimum absolute atomic E-state index is 0.0889. The van der Waals surface area contributed by atoms with E-state index in [0.29, 0.717) is 13.1 Å². The summed E-state index contributed by atoms with van der Waals surface area (Å²) >= 11 is 0. The zero-order valence-electron chi connectivity index (χ0n) is 11.1. The Morgan fingerprint density at radius 3 is 2.90 bits per heavy atom. The lowest BCUT2D eigenvalue weighted by Crippen LogP contribution is -2.40. The Morgan fingerprint density at radius 1 is 1.60 bits per heavy atom. The zero-order chi connectivity index (χ0) is 14.9. The summed E-state index contributed by atoms with van der Waals surface area (Å²) in [6.07, 6.45) is 1.58. The van der Waals surface area contributed by atoms with Crippen LogP contribution in [-0.2, 0) is 0 Å². The second-order valence-corrected chi connectivity index (χ2v) is 4.91. The maximum absolute atomic E-state index is 14.1. The highest BCUT2D eigenvalue weighted by molar-refractivity contribution is 5.95. The molecule has 1 saturated heterocycles. The van der Waals surface area contributed by atoms with Crippen LogP contribution in [0.25, 0.3) is 0 Å². The fraction of sp³-hybridized carbons (Fsp3) is 0.462. The molecule has 1 aliphatic rings. The predicted molar refractivity (Wildman–Crippen MR) is 70.9 cm³/mol. The molecule has 1 aromatic rings. The molecule has 2 rings (SSSR count). The van der Waals surface area contributed by atoms with E-state index >= 15 is 0 Å². The summed E-state index contributed by atoms with van der Waals surface area (Å²) in [5.74, 6) is -1.23. The highest BCUT2D eigenvalue weighted by Crippen LogP contribution is 2.25. The quantitative estimate of drug-likeness (QED) is 0.673. The van der Waals surface area contributed by atoms with Gasteiger partial charge in [-0.05, 0) is 25.3 Å². The van der Waals surface area contributed by atoms with Crippen LogP contribution in [0.4, 0.5) is 10.1 Å². The number of aryl methyl sites for hydroxylation is 1. The zero-order valence-corrected chi connectivity index (χ0v) is 11.1. The number of likely N-dealkylation sites (tertiary alicyclic amines) is 1. The number of carbonyl (C=O) groups is 1. The summed E-state index contributed by atoms with van der Waals surface area (Å²) in [7, 11) is 0. The Hall–Kier alpha value is -2.02.